The Morgan fingerprint density at radius 1 is 1.39 bits per heavy atom. The smallest absolute Gasteiger partial charge is 0.371 e. The van der Waals surface area contributed by atoms with Gasteiger partial charge < -0.3 is 14.3 Å². The van der Waals surface area contributed by atoms with Crippen molar-refractivity contribution in [2.75, 3.05) is 0 Å². The molecule has 5 heteroatoms. The van der Waals surface area contributed by atoms with Gasteiger partial charge in [-0.25, -0.2) is 4.79 Å². The van der Waals surface area contributed by atoms with Gasteiger partial charge in [0.1, 0.15) is 18.1 Å². The maximum Gasteiger partial charge on any atom is 0.371 e. The van der Waals surface area contributed by atoms with Crippen molar-refractivity contribution in [2.24, 2.45) is 0 Å². The summed E-state index contributed by atoms with van der Waals surface area (Å²) in [6, 6.07) is 8.40. The third kappa shape index (κ3) is 2.65. The van der Waals surface area contributed by atoms with Crippen LogP contribution in [0.3, 0.4) is 0 Å². The van der Waals surface area contributed by atoms with Gasteiger partial charge in [0.25, 0.3) is 0 Å². The van der Waals surface area contributed by atoms with Crippen LogP contribution in [0, 0.1) is 6.92 Å². The fraction of sp³-hybridized carbons (Fsp3) is 0.154. The van der Waals surface area contributed by atoms with E-state index in [2.05, 4.69) is 0 Å². The van der Waals surface area contributed by atoms with Crippen LogP contribution in [0.1, 0.15) is 21.9 Å². The first-order chi connectivity index (χ1) is 8.58. The molecule has 18 heavy (non-hydrogen) atoms. The van der Waals surface area contributed by atoms with E-state index in [1.807, 2.05) is 19.1 Å². The van der Waals surface area contributed by atoms with E-state index < -0.39 is 5.97 Å². The number of carboxylic acid groups (broad SMARTS) is 1. The zero-order valence-corrected chi connectivity index (χ0v) is 10.4. The lowest BCUT2D eigenvalue weighted by molar-refractivity contribution is 0.0658. The molecule has 0 radical (unpaired) electrons. The summed E-state index contributed by atoms with van der Waals surface area (Å²) in [5.41, 5.74) is 0.910. The van der Waals surface area contributed by atoms with E-state index in [-0.39, 0.29) is 12.4 Å². The van der Waals surface area contributed by atoms with Gasteiger partial charge >= 0.3 is 5.97 Å². The number of aryl methyl sites for hydroxylation is 1. The Kier molecular flexibility index (Phi) is 3.58. The lowest BCUT2D eigenvalue weighted by Crippen LogP contribution is -1.97. The van der Waals surface area contributed by atoms with Crippen LogP contribution in [0.15, 0.2) is 34.7 Å². The first-order valence-electron chi connectivity index (χ1n) is 5.28. The Bertz CT molecular complexity index is 554. The Morgan fingerprint density at radius 2 is 2.17 bits per heavy atom. The Labute approximate surface area is 109 Å². The number of furan rings is 1. The maximum absolute atomic E-state index is 10.6. The molecule has 0 fully saturated rings. The Balaban J connectivity index is 2.09. The van der Waals surface area contributed by atoms with Crippen molar-refractivity contribution in [3.63, 3.8) is 0 Å². The molecule has 0 saturated carbocycles. The summed E-state index contributed by atoms with van der Waals surface area (Å²) in [5, 5.41) is 9.23. The van der Waals surface area contributed by atoms with Gasteiger partial charge in [0, 0.05) is 0 Å². The number of halogens is 1. The van der Waals surface area contributed by atoms with Crippen LogP contribution in [-0.2, 0) is 6.61 Å². The molecule has 0 aliphatic heterocycles. The molecule has 1 N–H and O–H groups in total. The molecule has 1 heterocycles. The van der Waals surface area contributed by atoms with Crippen molar-refractivity contribution in [2.45, 2.75) is 13.5 Å². The monoisotopic (exact) mass is 266 g/mol. The molecule has 0 bridgehead atoms. The number of hydrogen-bond acceptors (Lipinski definition) is 3. The van der Waals surface area contributed by atoms with Gasteiger partial charge in [-0.2, -0.15) is 0 Å². The molecule has 0 amide bonds. The van der Waals surface area contributed by atoms with Gasteiger partial charge in [-0.15, -0.1) is 0 Å². The fourth-order valence-corrected chi connectivity index (χ4v) is 1.79. The van der Waals surface area contributed by atoms with E-state index in [1.165, 1.54) is 6.07 Å². The largest absolute Gasteiger partial charge is 0.484 e. The van der Waals surface area contributed by atoms with E-state index >= 15 is 0 Å². The molecule has 1 aromatic carbocycles. The number of aromatic carboxylic acids is 1. The highest BCUT2D eigenvalue weighted by Gasteiger charge is 2.10. The van der Waals surface area contributed by atoms with Gasteiger partial charge in [-0.1, -0.05) is 23.7 Å². The van der Waals surface area contributed by atoms with Crippen LogP contribution in [0.5, 0.6) is 5.75 Å². The first-order valence-corrected chi connectivity index (χ1v) is 5.65. The van der Waals surface area contributed by atoms with Gasteiger partial charge in [-0.05, 0) is 30.7 Å². The number of carbonyl (C=O) groups is 1. The van der Waals surface area contributed by atoms with Crippen molar-refractivity contribution in [1.82, 2.24) is 0 Å². The number of para-hydroxylation sites is 1. The second-order valence-electron chi connectivity index (χ2n) is 3.75. The van der Waals surface area contributed by atoms with Crippen molar-refractivity contribution in [1.29, 1.82) is 0 Å². The van der Waals surface area contributed by atoms with E-state index in [9.17, 15) is 4.79 Å². The molecule has 0 aliphatic carbocycles. The molecule has 0 atom stereocenters. The summed E-state index contributed by atoms with van der Waals surface area (Å²) in [4.78, 5) is 10.6. The van der Waals surface area contributed by atoms with Gasteiger partial charge in [0.15, 0.2) is 0 Å². The highest BCUT2D eigenvalue weighted by atomic mass is 35.5. The third-order valence-electron chi connectivity index (χ3n) is 2.40. The minimum Gasteiger partial charge on any atom is -0.484 e. The van der Waals surface area contributed by atoms with Crippen LogP contribution >= 0.6 is 11.6 Å². The maximum atomic E-state index is 10.6. The minimum absolute atomic E-state index is 0.107. The topological polar surface area (TPSA) is 59.7 Å². The van der Waals surface area contributed by atoms with E-state index in [0.29, 0.717) is 16.5 Å². The molecule has 2 rings (SSSR count). The van der Waals surface area contributed by atoms with Gasteiger partial charge in [0.2, 0.25) is 5.76 Å². The van der Waals surface area contributed by atoms with Gasteiger partial charge in [-0.3, -0.25) is 0 Å². The summed E-state index contributed by atoms with van der Waals surface area (Å²) in [6.45, 7) is 2.02. The van der Waals surface area contributed by atoms with Gasteiger partial charge in [0.05, 0.1) is 5.02 Å². The number of ether oxygens (including phenoxy) is 1. The second kappa shape index (κ2) is 5.14. The summed E-state index contributed by atoms with van der Waals surface area (Å²) < 4.78 is 10.6. The third-order valence-corrected chi connectivity index (χ3v) is 2.69. The lowest BCUT2D eigenvalue weighted by Gasteiger charge is -2.09. The average molecular weight is 267 g/mol. The lowest BCUT2D eigenvalue weighted by atomic mass is 10.2. The molecule has 0 unspecified atom stereocenters. The van der Waals surface area contributed by atoms with Crippen LogP contribution < -0.4 is 4.74 Å². The number of hydrogen-bond donors (Lipinski definition) is 1. The number of benzene rings is 1. The van der Waals surface area contributed by atoms with E-state index in [4.69, 9.17) is 25.9 Å². The molecule has 0 saturated heterocycles. The molecule has 1 aromatic heterocycles. The van der Waals surface area contributed by atoms with Crippen LogP contribution in [0.25, 0.3) is 0 Å². The molecular weight excluding hydrogens is 256 g/mol. The highest BCUT2D eigenvalue weighted by Crippen LogP contribution is 2.28. The van der Waals surface area contributed by atoms with Crippen molar-refractivity contribution in [3.05, 3.63) is 52.4 Å². The first kappa shape index (κ1) is 12.5. The van der Waals surface area contributed by atoms with E-state index in [1.54, 1.807) is 12.1 Å². The number of carboxylic acids is 1. The minimum atomic E-state index is -1.10. The SMILES string of the molecule is Cc1cccc(Cl)c1OCc1ccc(C(=O)O)o1. The summed E-state index contributed by atoms with van der Waals surface area (Å²) in [6.07, 6.45) is 0. The second-order valence-corrected chi connectivity index (χ2v) is 4.15. The zero-order chi connectivity index (χ0) is 13.1. The predicted molar refractivity (Wildman–Crippen MR) is 66.2 cm³/mol. The van der Waals surface area contributed by atoms with Crippen LogP contribution in [0.4, 0.5) is 0 Å². The Hall–Kier alpha value is -1.94. The van der Waals surface area contributed by atoms with Crippen LogP contribution in [0.2, 0.25) is 5.02 Å². The summed E-state index contributed by atoms with van der Waals surface area (Å²) in [5.74, 6) is -0.196. The van der Waals surface area contributed by atoms with Crippen LogP contribution in [-0.4, -0.2) is 11.1 Å². The molecule has 0 aliphatic rings. The molecule has 2 aromatic rings. The molecule has 0 spiro atoms. The molecular formula is C13H11ClO4. The highest BCUT2D eigenvalue weighted by molar-refractivity contribution is 6.32. The van der Waals surface area contributed by atoms with E-state index in [0.717, 1.165) is 5.56 Å². The Morgan fingerprint density at radius 3 is 2.78 bits per heavy atom. The molecule has 94 valence electrons. The average Bonchev–Trinajstić information content (AvgIpc) is 2.77. The standard InChI is InChI=1S/C13H11ClO4/c1-8-3-2-4-10(14)12(8)17-7-9-5-6-11(18-9)13(15)16/h2-6H,7H2,1H3,(H,15,16). The predicted octanol–water partition coefficient (Wildman–Crippen LogP) is 3.52. The zero-order valence-electron chi connectivity index (χ0n) is 9.64. The van der Waals surface area contributed by atoms with Crippen molar-refractivity contribution < 1.29 is 19.1 Å². The number of rotatable bonds is 4. The fourth-order valence-electron chi connectivity index (χ4n) is 1.51. The normalized spacial score (nSPS) is 10.3. The summed E-state index contributed by atoms with van der Waals surface area (Å²) in [7, 11) is 0. The quantitative estimate of drug-likeness (QED) is 0.920. The molecule has 4 nitrogen and oxygen atoms in total. The summed E-state index contributed by atoms with van der Waals surface area (Å²) >= 11 is 6.00. The van der Waals surface area contributed by atoms with Crippen molar-refractivity contribution >= 4 is 17.6 Å². The van der Waals surface area contributed by atoms with Crippen molar-refractivity contribution in [3.8, 4) is 5.75 Å².